The lowest BCUT2D eigenvalue weighted by Crippen LogP contribution is -1.85. The summed E-state index contributed by atoms with van der Waals surface area (Å²) in [5, 5.41) is 11.3. The normalized spacial score (nSPS) is 11.2. The van der Waals surface area contributed by atoms with Gasteiger partial charge >= 0.3 is 0 Å². The molecule has 0 aliphatic heterocycles. The first kappa shape index (κ1) is 25.4. The monoisotopic (exact) mass is 545 g/mol. The molecule has 0 saturated carbocycles. The van der Waals surface area contributed by atoms with Crippen LogP contribution < -0.4 is 4.74 Å². The zero-order valence-corrected chi connectivity index (χ0v) is 23.6. The number of fused-ring (bicyclic) bond motifs is 2. The fraction of sp³-hybridized carbons (Fsp3) is 0.0789. The smallest absolute Gasteiger partial charge is 0.143 e. The van der Waals surface area contributed by atoms with E-state index in [1.165, 1.54) is 11.1 Å². The number of hydrogen-bond donors (Lipinski definition) is 0. The van der Waals surface area contributed by atoms with Gasteiger partial charge in [0.2, 0.25) is 0 Å². The summed E-state index contributed by atoms with van der Waals surface area (Å²) in [6, 6.07) is 38.9. The molecule has 0 atom stereocenters. The van der Waals surface area contributed by atoms with Gasteiger partial charge in [0.05, 0.1) is 18.7 Å². The van der Waals surface area contributed by atoms with E-state index >= 15 is 0 Å². The molecule has 0 spiro atoms. The number of nitrogens with zero attached hydrogens (tertiary/aromatic N) is 1. The van der Waals surface area contributed by atoms with Crippen molar-refractivity contribution in [2.45, 2.75) is 13.8 Å². The molecule has 2 heterocycles. The van der Waals surface area contributed by atoms with Gasteiger partial charge in [-0.3, -0.25) is 0 Å². The number of furan rings is 2. The van der Waals surface area contributed by atoms with Crippen LogP contribution in [-0.2, 0) is 0 Å². The molecule has 7 aromatic rings. The largest absolute Gasteiger partial charge is 0.497 e. The van der Waals surface area contributed by atoms with Gasteiger partial charge in [0, 0.05) is 39.1 Å². The van der Waals surface area contributed by atoms with Gasteiger partial charge in [-0.05, 0) is 79.6 Å². The maximum atomic E-state index is 9.33. The number of hydrogen-bond acceptors (Lipinski definition) is 4. The summed E-state index contributed by atoms with van der Waals surface area (Å²) in [6.45, 7) is 4.18. The number of nitriles is 1. The Morgan fingerprint density at radius 1 is 0.548 bits per heavy atom. The summed E-state index contributed by atoms with van der Waals surface area (Å²) in [6.07, 6.45) is 0. The molecular formula is C38H27NO3. The SMILES string of the molecule is COc1ccc(-c2oc3cc4oc(-c5ccc(C#N)cc5)c(-c5ccc(C)cc5)c4cc3c2-c2ccc(C)cc2)cc1. The first-order chi connectivity index (χ1) is 20.5. The van der Waals surface area contributed by atoms with Gasteiger partial charge in [-0.1, -0.05) is 59.7 Å². The molecule has 2 aromatic heterocycles. The number of ether oxygens (including phenoxy) is 1. The summed E-state index contributed by atoms with van der Waals surface area (Å²) < 4.78 is 18.6. The minimum atomic E-state index is 0.609. The number of rotatable bonds is 5. The first-order valence-electron chi connectivity index (χ1n) is 13.8. The van der Waals surface area contributed by atoms with Crippen molar-refractivity contribution < 1.29 is 13.6 Å². The predicted molar refractivity (Wildman–Crippen MR) is 168 cm³/mol. The molecule has 0 aliphatic carbocycles. The first-order valence-corrected chi connectivity index (χ1v) is 13.8. The van der Waals surface area contributed by atoms with Gasteiger partial charge in [0.25, 0.3) is 0 Å². The second-order valence-electron chi connectivity index (χ2n) is 10.6. The zero-order chi connectivity index (χ0) is 28.8. The van der Waals surface area contributed by atoms with Gasteiger partial charge in [0.15, 0.2) is 0 Å². The Hall–Kier alpha value is -5.53. The topological polar surface area (TPSA) is 59.3 Å². The Balaban J connectivity index is 1.53. The summed E-state index contributed by atoms with van der Waals surface area (Å²) in [7, 11) is 1.67. The third-order valence-corrected chi connectivity index (χ3v) is 7.81. The van der Waals surface area contributed by atoms with Crippen molar-refractivity contribution in [1.82, 2.24) is 0 Å². The number of aryl methyl sites for hydroxylation is 2. The standard InChI is InChI=1S/C38H27NO3/c1-23-4-10-26(11-5-23)35-31-20-32-34(21-33(31)41-37(35)28-14-8-25(22-39)9-15-28)42-38(29-16-18-30(40-3)19-17-29)36(32)27-12-6-24(2)7-13-27/h4-21H,1-3H3. The molecule has 0 N–H and O–H groups in total. The Morgan fingerprint density at radius 3 is 1.40 bits per heavy atom. The summed E-state index contributed by atoms with van der Waals surface area (Å²) in [4.78, 5) is 0. The summed E-state index contributed by atoms with van der Waals surface area (Å²) >= 11 is 0. The summed E-state index contributed by atoms with van der Waals surface area (Å²) in [5.74, 6) is 2.36. The van der Waals surface area contributed by atoms with Crippen LogP contribution in [0.3, 0.4) is 0 Å². The van der Waals surface area contributed by atoms with E-state index in [-0.39, 0.29) is 0 Å². The van der Waals surface area contributed by atoms with Gasteiger partial charge in [-0.25, -0.2) is 0 Å². The van der Waals surface area contributed by atoms with E-state index in [1.54, 1.807) is 7.11 Å². The lowest BCUT2D eigenvalue weighted by Gasteiger charge is -2.07. The van der Waals surface area contributed by atoms with Crippen LogP contribution in [0.25, 0.3) is 66.8 Å². The van der Waals surface area contributed by atoms with E-state index in [4.69, 9.17) is 13.6 Å². The van der Waals surface area contributed by atoms with Gasteiger partial charge in [-0.2, -0.15) is 5.26 Å². The quantitative estimate of drug-likeness (QED) is 0.216. The average molecular weight is 546 g/mol. The zero-order valence-electron chi connectivity index (χ0n) is 23.6. The minimum Gasteiger partial charge on any atom is -0.497 e. The van der Waals surface area contributed by atoms with Crippen LogP contribution in [0.4, 0.5) is 0 Å². The van der Waals surface area contributed by atoms with Crippen molar-refractivity contribution in [3.8, 4) is 56.7 Å². The molecule has 5 aromatic carbocycles. The Morgan fingerprint density at radius 2 is 0.976 bits per heavy atom. The van der Waals surface area contributed by atoms with E-state index in [1.807, 2.05) is 54.6 Å². The molecule has 0 fully saturated rings. The molecule has 0 amide bonds. The second kappa shape index (κ2) is 10.1. The summed E-state index contributed by atoms with van der Waals surface area (Å²) in [5.41, 5.74) is 10.6. The van der Waals surface area contributed by atoms with Crippen LogP contribution in [0.2, 0.25) is 0 Å². The highest BCUT2D eigenvalue weighted by Gasteiger charge is 2.23. The van der Waals surface area contributed by atoms with E-state index in [2.05, 4.69) is 74.5 Å². The molecule has 7 rings (SSSR count). The number of methoxy groups -OCH3 is 1. The van der Waals surface area contributed by atoms with Crippen molar-refractivity contribution in [2.75, 3.05) is 7.11 Å². The fourth-order valence-corrected chi connectivity index (χ4v) is 5.55. The van der Waals surface area contributed by atoms with E-state index < -0.39 is 0 Å². The molecule has 0 radical (unpaired) electrons. The number of benzene rings is 5. The molecule has 202 valence electrons. The highest BCUT2D eigenvalue weighted by molar-refractivity contribution is 6.11. The maximum Gasteiger partial charge on any atom is 0.143 e. The predicted octanol–water partition coefficient (Wildman–Crippen LogP) is 10.3. The average Bonchev–Trinajstić information content (AvgIpc) is 3.59. The third-order valence-electron chi connectivity index (χ3n) is 7.81. The van der Waals surface area contributed by atoms with E-state index in [0.29, 0.717) is 5.56 Å². The van der Waals surface area contributed by atoms with Crippen LogP contribution in [0.5, 0.6) is 5.75 Å². The lowest BCUT2D eigenvalue weighted by atomic mass is 9.94. The van der Waals surface area contributed by atoms with Crippen LogP contribution in [0, 0.1) is 25.2 Å². The Labute approximate surface area is 244 Å². The fourth-order valence-electron chi connectivity index (χ4n) is 5.55. The van der Waals surface area contributed by atoms with Crippen LogP contribution in [-0.4, -0.2) is 7.11 Å². The Bertz CT molecular complexity index is 2100. The highest BCUT2D eigenvalue weighted by Crippen LogP contribution is 2.47. The molecule has 4 heteroatoms. The van der Waals surface area contributed by atoms with Crippen molar-refractivity contribution in [3.63, 3.8) is 0 Å². The van der Waals surface area contributed by atoms with Crippen molar-refractivity contribution in [3.05, 3.63) is 126 Å². The molecule has 42 heavy (non-hydrogen) atoms. The molecule has 0 unspecified atom stereocenters. The van der Waals surface area contributed by atoms with E-state index in [9.17, 15) is 5.26 Å². The van der Waals surface area contributed by atoms with Crippen LogP contribution in [0.15, 0.2) is 118 Å². The molecule has 0 saturated heterocycles. The molecule has 0 aliphatic rings. The molecule has 0 bridgehead atoms. The van der Waals surface area contributed by atoms with Gasteiger partial charge in [0.1, 0.15) is 28.4 Å². The maximum absolute atomic E-state index is 9.33. The lowest BCUT2D eigenvalue weighted by molar-refractivity contribution is 0.415. The second-order valence-corrected chi connectivity index (χ2v) is 10.6. The van der Waals surface area contributed by atoms with Crippen LogP contribution in [0.1, 0.15) is 16.7 Å². The van der Waals surface area contributed by atoms with Crippen molar-refractivity contribution in [2.24, 2.45) is 0 Å². The van der Waals surface area contributed by atoms with Gasteiger partial charge in [-0.15, -0.1) is 0 Å². The Kier molecular flexibility index (Phi) is 6.14. The van der Waals surface area contributed by atoms with Crippen LogP contribution >= 0.6 is 0 Å². The van der Waals surface area contributed by atoms with Gasteiger partial charge < -0.3 is 13.6 Å². The van der Waals surface area contributed by atoms with Crippen molar-refractivity contribution >= 4 is 21.9 Å². The molecular weight excluding hydrogens is 518 g/mol. The van der Waals surface area contributed by atoms with Crippen molar-refractivity contribution in [1.29, 1.82) is 5.26 Å². The highest BCUT2D eigenvalue weighted by atomic mass is 16.5. The minimum absolute atomic E-state index is 0.609. The third kappa shape index (κ3) is 4.33. The molecule has 4 nitrogen and oxygen atoms in total. The van der Waals surface area contributed by atoms with E-state index in [0.717, 1.165) is 72.6 Å².